The molecular formula is C25H28N4O3. The molecule has 0 radical (unpaired) electrons. The Hall–Kier alpha value is -3.32. The van der Waals surface area contributed by atoms with Crippen LogP contribution in [0, 0.1) is 0 Å². The van der Waals surface area contributed by atoms with Crippen LogP contribution in [0.1, 0.15) is 31.2 Å². The van der Waals surface area contributed by atoms with Gasteiger partial charge in [-0.2, -0.15) is 5.10 Å². The molecule has 0 saturated heterocycles. The van der Waals surface area contributed by atoms with Gasteiger partial charge in [0.15, 0.2) is 6.10 Å². The molecule has 2 N–H and O–H groups in total. The summed E-state index contributed by atoms with van der Waals surface area (Å²) in [5.41, 5.74) is 3.12. The first kappa shape index (κ1) is 20.6. The molecule has 3 aromatic rings. The van der Waals surface area contributed by atoms with Crippen LogP contribution in [-0.4, -0.2) is 45.6 Å². The van der Waals surface area contributed by atoms with E-state index in [9.17, 15) is 9.90 Å². The topological polar surface area (TPSA) is 79.6 Å². The smallest absolute Gasteiger partial charge is 0.263 e. The Labute approximate surface area is 187 Å². The first-order chi connectivity index (χ1) is 15.7. The normalized spacial score (nSPS) is 22.7. The molecule has 5 rings (SSSR count). The number of para-hydroxylation sites is 2. The highest BCUT2D eigenvalue weighted by atomic mass is 16.5. The largest absolute Gasteiger partial charge is 0.477 e. The van der Waals surface area contributed by atoms with E-state index in [2.05, 4.69) is 27.4 Å². The molecule has 3 atom stereocenters. The Morgan fingerprint density at radius 1 is 1.09 bits per heavy atom. The fourth-order valence-corrected chi connectivity index (χ4v) is 4.54. The molecule has 1 aliphatic carbocycles. The van der Waals surface area contributed by atoms with Gasteiger partial charge in [0.05, 0.1) is 30.1 Å². The molecule has 7 heteroatoms. The molecule has 1 fully saturated rings. The molecule has 0 spiro atoms. The van der Waals surface area contributed by atoms with Crippen LogP contribution in [0.25, 0.3) is 5.69 Å². The molecule has 0 unspecified atom stereocenters. The summed E-state index contributed by atoms with van der Waals surface area (Å²) in [5.74, 6) is 0.542. The highest BCUT2D eigenvalue weighted by Gasteiger charge is 2.33. The standard InChI is InChI=1S/C25H28N4O3/c30-22-8-3-1-6-20(22)27-25(31)24-17-28(21-7-2-4-9-23(21)32-24)16-18-10-12-19(13-11-18)29-15-5-14-26-29/h2,4-5,7,9-15,20,22,24,30H,1,3,6,8,16-17H2,(H,27,31)/t20-,22-,24+/m1/s1. The predicted molar refractivity (Wildman–Crippen MR) is 122 cm³/mol. The molecule has 32 heavy (non-hydrogen) atoms. The van der Waals surface area contributed by atoms with Crippen LogP contribution in [-0.2, 0) is 11.3 Å². The quantitative estimate of drug-likeness (QED) is 0.648. The zero-order valence-corrected chi connectivity index (χ0v) is 17.9. The number of aliphatic hydroxyl groups is 1. The Bertz CT molecular complexity index is 1050. The van der Waals surface area contributed by atoms with Crippen molar-refractivity contribution in [2.75, 3.05) is 11.4 Å². The maximum Gasteiger partial charge on any atom is 0.263 e. The lowest BCUT2D eigenvalue weighted by atomic mass is 9.92. The summed E-state index contributed by atoms with van der Waals surface area (Å²) in [6, 6.07) is 17.8. The van der Waals surface area contributed by atoms with Crippen molar-refractivity contribution in [1.29, 1.82) is 0 Å². The molecule has 166 valence electrons. The second kappa shape index (κ2) is 9.04. The van der Waals surface area contributed by atoms with E-state index in [1.54, 1.807) is 6.20 Å². The number of hydrogen-bond acceptors (Lipinski definition) is 5. The maximum absolute atomic E-state index is 13.0. The SMILES string of the molecule is O=C(N[C@@H]1CCCC[C@H]1O)[C@@H]1CN(Cc2ccc(-n3cccn3)cc2)c2ccccc2O1. The van der Waals surface area contributed by atoms with E-state index in [-0.39, 0.29) is 11.9 Å². The lowest BCUT2D eigenvalue weighted by molar-refractivity contribution is -0.129. The summed E-state index contributed by atoms with van der Waals surface area (Å²) < 4.78 is 7.89. The number of fused-ring (bicyclic) bond motifs is 1. The van der Waals surface area contributed by atoms with Gasteiger partial charge in [0.2, 0.25) is 0 Å². The molecule has 7 nitrogen and oxygen atoms in total. The number of carbonyl (C=O) groups is 1. The third-order valence-electron chi connectivity index (χ3n) is 6.29. The van der Waals surface area contributed by atoms with Crippen LogP contribution in [0.2, 0.25) is 0 Å². The number of hydrogen-bond donors (Lipinski definition) is 2. The Morgan fingerprint density at radius 2 is 1.91 bits per heavy atom. The molecule has 2 heterocycles. The predicted octanol–water partition coefficient (Wildman–Crippen LogP) is 3.06. The minimum atomic E-state index is -0.623. The Morgan fingerprint density at radius 3 is 2.69 bits per heavy atom. The van der Waals surface area contributed by atoms with E-state index in [0.29, 0.717) is 18.8 Å². The number of benzene rings is 2. The van der Waals surface area contributed by atoms with Crippen LogP contribution in [0.4, 0.5) is 5.69 Å². The fraction of sp³-hybridized carbons (Fsp3) is 0.360. The third-order valence-corrected chi connectivity index (χ3v) is 6.29. The Kier molecular flexibility index (Phi) is 5.81. The van der Waals surface area contributed by atoms with Gasteiger partial charge in [-0.3, -0.25) is 4.79 Å². The molecule has 2 aliphatic rings. The van der Waals surface area contributed by atoms with Crippen LogP contribution < -0.4 is 15.0 Å². The number of amides is 1. The van der Waals surface area contributed by atoms with Crippen molar-refractivity contribution in [1.82, 2.24) is 15.1 Å². The van der Waals surface area contributed by atoms with Gasteiger partial charge < -0.3 is 20.1 Å². The highest BCUT2D eigenvalue weighted by Crippen LogP contribution is 2.34. The average Bonchev–Trinajstić information content (AvgIpc) is 3.36. The van der Waals surface area contributed by atoms with Crippen molar-refractivity contribution in [3.8, 4) is 11.4 Å². The van der Waals surface area contributed by atoms with Gasteiger partial charge in [-0.1, -0.05) is 37.1 Å². The number of carbonyl (C=O) groups excluding carboxylic acids is 1. The van der Waals surface area contributed by atoms with Crippen molar-refractivity contribution in [3.63, 3.8) is 0 Å². The fourth-order valence-electron chi connectivity index (χ4n) is 4.54. The molecule has 1 aromatic heterocycles. The van der Waals surface area contributed by atoms with E-state index in [4.69, 9.17) is 4.74 Å². The van der Waals surface area contributed by atoms with Gasteiger partial charge >= 0.3 is 0 Å². The number of anilines is 1. The average molecular weight is 433 g/mol. The number of nitrogens with zero attached hydrogens (tertiary/aromatic N) is 3. The van der Waals surface area contributed by atoms with Gasteiger partial charge in [0, 0.05) is 18.9 Å². The van der Waals surface area contributed by atoms with Gasteiger partial charge in [-0.15, -0.1) is 0 Å². The molecule has 0 bridgehead atoms. The summed E-state index contributed by atoms with van der Waals surface area (Å²) in [4.78, 5) is 15.2. The van der Waals surface area contributed by atoms with E-state index >= 15 is 0 Å². The van der Waals surface area contributed by atoms with Gasteiger partial charge in [0.1, 0.15) is 5.75 Å². The van der Waals surface area contributed by atoms with E-state index in [1.165, 1.54) is 0 Å². The van der Waals surface area contributed by atoms with E-state index in [1.807, 2.05) is 53.3 Å². The monoisotopic (exact) mass is 432 g/mol. The van der Waals surface area contributed by atoms with Gasteiger partial charge in [-0.05, 0) is 48.7 Å². The molecule has 1 amide bonds. The maximum atomic E-state index is 13.0. The van der Waals surface area contributed by atoms with E-state index in [0.717, 1.165) is 42.6 Å². The second-order valence-corrected chi connectivity index (χ2v) is 8.54. The first-order valence-electron chi connectivity index (χ1n) is 11.3. The molecule has 1 saturated carbocycles. The summed E-state index contributed by atoms with van der Waals surface area (Å²) in [7, 11) is 0. The van der Waals surface area contributed by atoms with Crippen molar-refractivity contribution in [2.24, 2.45) is 0 Å². The number of nitrogens with one attached hydrogen (secondary N) is 1. The van der Waals surface area contributed by atoms with Crippen molar-refractivity contribution in [2.45, 2.75) is 50.5 Å². The van der Waals surface area contributed by atoms with Crippen LogP contribution in [0.15, 0.2) is 67.0 Å². The first-order valence-corrected chi connectivity index (χ1v) is 11.3. The lowest BCUT2D eigenvalue weighted by Crippen LogP contribution is -2.54. The summed E-state index contributed by atoms with van der Waals surface area (Å²) in [6.45, 7) is 1.11. The summed E-state index contributed by atoms with van der Waals surface area (Å²) >= 11 is 0. The van der Waals surface area contributed by atoms with Crippen LogP contribution in [0.3, 0.4) is 0 Å². The lowest BCUT2D eigenvalue weighted by Gasteiger charge is -2.37. The zero-order valence-electron chi connectivity index (χ0n) is 17.9. The summed E-state index contributed by atoms with van der Waals surface area (Å²) in [6.07, 6.45) is 6.15. The second-order valence-electron chi connectivity index (χ2n) is 8.54. The minimum Gasteiger partial charge on any atom is -0.477 e. The van der Waals surface area contributed by atoms with Crippen LogP contribution >= 0.6 is 0 Å². The number of aliphatic hydroxyl groups excluding tert-OH is 1. The molecule has 1 aliphatic heterocycles. The number of ether oxygens (including phenoxy) is 1. The third kappa shape index (κ3) is 4.34. The van der Waals surface area contributed by atoms with E-state index < -0.39 is 12.2 Å². The number of aromatic nitrogens is 2. The Balaban J connectivity index is 1.31. The van der Waals surface area contributed by atoms with Crippen molar-refractivity contribution in [3.05, 3.63) is 72.6 Å². The minimum absolute atomic E-state index is 0.163. The summed E-state index contributed by atoms with van der Waals surface area (Å²) in [5, 5.41) is 17.5. The number of rotatable bonds is 5. The van der Waals surface area contributed by atoms with Crippen molar-refractivity contribution < 1.29 is 14.6 Å². The van der Waals surface area contributed by atoms with Gasteiger partial charge in [-0.25, -0.2) is 4.68 Å². The van der Waals surface area contributed by atoms with Crippen molar-refractivity contribution >= 4 is 11.6 Å². The highest BCUT2D eigenvalue weighted by molar-refractivity contribution is 5.83. The van der Waals surface area contributed by atoms with Crippen LogP contribution in [0.5, 0.6) is 5.75 Å². The molecular weight excluding hydrogens is 404 g/mol. The van der Waals surface area contributed by atoms with Gasteiger partial charge in [0.25, 0.3) is 5.91 Å². The zero-order chi connectivity index (χ0) is 21.9. The molecule has 2 aromatic carbocycles.